The molecule has 0 saturated heterocycles. The monoisotopic (exact) mass is 308 g/mol. The third kappa shape index (κ3) is 2.83. The number of Topliss-reactive ketones (excluding diaryl/α,β-unsaturated/α-hetero) is 1. The quantitative estimate of drug-likeness (QED) is 0.432. The molecule has 2 rings (SSSR count). The van der Waals surface area contributed by atoms with Crippen LogP contribution < -0.4 is 0 Å². The third-order valence-corrected chi connectivity index (χ3v) is 3.65. The summed E-state index contributed by atoms with van der Waals surface area (Å²) in [6.45, 7) is 1.87. The van der Waals surface area contributed by atoms with Crippen LogP contribution in [0, 0.1) is 6.92 Å². The number of ketones is 1. The van der Waals surface area contributed by atoms with Gasteiger partial charge in [-0.15, -0.1) is 0 Å². The summed E-state index contributed by atoms with van der Waals surface area (Å²) in [5.41, 5.74) is 1.57. The van der Waals surface area contributed by atoms with Crippen LogP contribution in [-0.4, -0.2) is 11.1 Å². The molecule has 0 spiro atoms. The molecular formula is C15H17BrO2. The standard InChI is InChI=1S/C15H17BrO2/c1-11-15(13(17)8-3-2-6-10-16)12-7-4-5-9-14(12)18-11/h4-5,7,9H,2-3,6,8,10H2,1H3. The Morgan fingerprint density at radius 2 is 2.00 bits per heavy atom. The van der Waals surface area contributed by atoms with Gasteiger partial charge in [0, 0.05) is 17.1 Å². The van der Waals surface area contributed by atoms with Crippen molar-refractivity contribution in [2.75, 3.05) is 5.33 Å². The minimum Gasteiger partial charge on any atom is -0.461 e. The SMILES string of the molecule is Cc1oc2ccccc2c1C(=O)CCCCCBr. The van der Waals surface area contributed by atoms with E-state index in [0.717, 1.165) is 46.9 Å². The average Bonchev–Trinajstić information content (AvgIpc) is 2.70. The summed E-state index contributed by atoms with van der Waals surface area (Å²) in [5.74, 6) is 0.939. The fourth-order valence-corrected chi connectivity index (χ4v) is 2.59. The van der Waals surface area contributed by atoms with E-state index >= 15 is 0 Å². The van der Waals surface area contributed by atoms with Crippen molar-refractivity contribution in [2.45, 2.75) is 32.6 Å². The molecule has 1 heterocycles. The topological polar surface area (TPSA) is 30.2 Å². The van der Waals surface area contributed by atoms with Crippen LogP contribution in [0.1, 0.15) is 41.8 Å². The van der Waals surface area contributed by atoms with Gasteiger partial charge >= 0.3 is 0 Å². The first-order valence-electron chi connectivity index (χ1n) is 6.31. The molecule has 0 aliphatic rings. The van der Waals surface area contributed by atoms with Crippen LogP contribution in [0.3, 0.4) is 0 Å². The molecule has 0 aliphatic carbocycles. The fourth-order valence-electron chi connectivity index (χ4n) is 2.20. The summed E-state index contributed by atoms with van der Waals surface area (Å²) < 4.78 is 5.62. The molecule has 18 heavy (non-hydrogen) atoms. The van der Waals surface area contributed by atoms with Crippen molar-refractivity contribution in [3.8, 4) is 0 Å². The molecule has 2 nitrogen and oxygen atoms in total. The maximum Gasteiger partial charge on any atom is 0.167 e. The highest BCUT2D eigenvalue weighted by Crippen LogP contribution is 2.26. The largest absolute Gasteiger partial charge is 0.461 e. The fraction of sp³-hybridized carbons (Fsp3) is 0.400. The minimum atomic E-state index is 0.201. The lowest BCUT2D eigenvalue weighted by Gasteiger charge is -2.00. The minimum absolute atomic E-state index is 0.201. The molecule has 0 fully saturated rings. The number of benzene rings is 1. The van der Waals surface area contributed by atoms with Crippen LogP contribution in [0.25, 0.3) is 11.0 Å². The van der Waals surface area contributed by atoms with E-state index in [9.17, 15) is 4.79 Å². The van der Waals surface area contributed by atoms with E-state index in [2.05, 4.69) is 15.9 Å². The predicted octanol–water partition coefficient (Wildman–Crippen LogP) is 4.88. The normalized spacial score (nSPS) is 11.0. The van der Waals surface area contributed by atoms with Crippen molar-refractivity contribution in [3.05, 3.63) is 35.6 Å². The highest BCUT2D eigenvalue weighted by molar-refractivity contribution is 9.09. The van der Waals surface area contributed by atoms with E-state index in [0.29, 0.717) is 6.42 Å². The second kappa shape index (κ2) is 6.19. The lowest BCUT2D eigenvalue weighted by molar-refractivity contribution is 0.0979. The number of rotatable bonds is 6. The summed E-state index contributed by atoms with van der Waals surface area (Å²) in [7, 11) is 0. The number of alkyl halides is 1. The Kier molecular flexibility index (Phi) is 4.59. The van der Waals surface area contributed by atoms with Gasteiger partial charge in [-0.25, -0.2) is 0 Å². The molecule has 96 valence electrons. The van der Waals surface area contributed by atoms with E-state index < -0.39 is 0 Å². The number of hydrogen-bond donors (Lipinski definition) is 0. The number of para-hydroxylation sites is 1. The molecular weight excluding hydrogens is 292 g/mol. The Morgan fingerprint density at radius 3 is 2.78 bits per heavy atom. The molecule has 0 saturated carbocycles. The summed E-state index contributed by atoms with van der Waals surface area (Å²) in [5, 5.41) is 1.95. The van der Waals surface area contributed by atoms with Crippen LogP contribution in [0.4, 0.5) is 0 Å². The van der Waals surface area contributed by atoms with Crippen molar-refractivity contribution in [1.29, 1.82) is 0 Å². The molecule has 0 bridgehead atoms. The summed E-state index contributed by atoms with van der Waals surface area (Å²) in [6.07, 6.45) is 3.77. The zero-order chi connectivity index (χ0) is 13.0. The number of carbonyl (C=O) groups is 1. The van der Waals surface area contributed by atoms with Crippen LogP contribution in [-0.2, 0) is 0 Å². The lowest BCUT2D eigenvalue weighted by atomic mass is 10.0. The lowest BCUT2D eigenvalue weighted by Crippen LogP contribution is -2.00. The Bertz CT molecular complexity index is 542. The molecule has 2 aromatic rings. The molecule has 1 aromatic carbocycles. The predicted molar refractivity (Wildman–Crippen MR) is 77.5 cm³/mol. The van der Waals surface area contributed by atoms with Crippen molar-refractivity contribution in [1.82, 2.24) is 0 Å². The van der Waals surface area contributed by atoms with E-state index in [1.807, 2.05) is 31.2 Å². The number of carbonyl (C=O) groups excluding carboxylic acids is 1. The smallest absolute Gasteiger partial charge is 0.167 e. The van der Waals surface area contributed by atoms with Crippen LogP contribution in [0.5, 0.6) is 0 Å². The number of furan rings is 1. The number of fused-ring (bicyclic) bond motifs is 1. The average molecular weight is 309 g/mol. The van der Waals surface area contributed by atoms with Crippen LogP contribution in [0.15, 0.2) is 28.7 Å². The van der Waals surface area contributed by atoms with Crippen molar-refractivity contribution >= 4 is 32.7 Å². The highest BCUT2D eigenvalue weighted by Gasteiger charge is 2.16. The number of unbranched alkanes of at least 4 members (excludes halogenated alkanes) is 2. The Hall–Kier alpha value is -1.09. The van der Waals surface area contributed by atoms with Gasteiger partial charge in [0.25, 0.3) is 0 Å². The van der Waals surface area contributed by atoms with Gasteiger partial charge in [0.05, 0.1) is 5.56 Å². The van der Waals surface area contributed by atoms with E-state index in [4.69, 9.17) is 4.42 Å². The zero-order valence-electron chi connectivity index (χ0n) is 10.5. The zero-order valence-corrected chi connectivity index (χ0v) is 12.1. The maximum absolute atomic E-state index is 12.2. The van der Waals surface area contributed by atoms with Gasteiger partial charge in [-0.2, -0.15) is 0 Å². The van der Waals surface area contributed by atoms with Gasteiger partial charge in [0.1, 0.15) is 11.3 Å². The third-order valence-electron chi connectivity index (χ3n) is 3.09. The number of aryl methyl sites for hydroxylation is 1. The van der Waals surface area contributed by atoms with E-state index in [1.54, 1.807) is 0 Å². The van der Waals surface area contributed by atoms with Crippen LogP contribution >= 0.6 is 15.9 Å². The van der Waals surface area contributed by atoms with Crippen molar-refractivity contribution in [2.24, 2.45) is 0 Å². The van der Waals surface area contributed by atoms with E-state index in [1.165, 1.54) is 0 Å². The van der Waals surface area contributed by atoms with Gasteiger partial charge in [0.15, 0.2) is 5.78 Å². The summed E-state index contributed by atoms with van der Waals surface area (Å²) >= 11 is 3.40. The summed E-state index contributed by atoms with van der Waals surface area (Å²) in [6, 6.07) is 7.73. The molecule has 0 atom stereocenters. The second-order valence-electron chi connectivity index (χ2n) is 4.45. The van der Waals surface area contributed by atoms with Gasteiger partial charge in [-0.3, -0.25) is 4.79 Å². The Morgan fingerprint density at radius 1 is 1.22 bits per heavy atom. The first-order valence-corrected chi connectivity index (χ1v) is 7.43. The molecule has 0 radical (unpaired) electrons. The van der Waals surface area contributed by atoms with Crippen LogP contribution in [0.2, 0.25) is 0 Å². The Balaban J connectivity index is 2.14. The summed E-state index contributed by atoms with van der Waals surface area (Å²) in [4.78, 5) is 12.2. The van der Waals surface area contributed by atoms with Gasteiger partial charge in [0.2, 0.25) is 0 Å². The molecule has 3 heteroatoms. The molecule has 0 aliphatic heterocycles. The number of halogens is 1. The molecule has 0 unspecified atom stereocenters. The molecule has 0 N–H and O–H groups in total. The first-order chi connectivity index (χ1) is 8.74. The molecule has 0 amide bonds. The number of hydrogen-bond acceptors (Lipinski definition) is 2. The Labute approximate surface area is 115 Å². The van der Waals surface area contributed by atoms with Gasteiger partial charge in [-0.05, 0) is 25.8 Å². The second-order valence-corrected chi connectivity index (χ2v) is 5.25. The van der Waals surface area contributed by atoms with Gasteiger partial charge in [-0.1, -0.05) is 40.5 Å². The van der Waals surface area contributed by atoms with Crippen molar-refractivity contribution in [3.63, 3.8) is 0 Å². The highest BCUT2D eigenvalue weighted by atomic mass is 79.9. The maximum atomic E-state index is 12.2. The van der Waals surface area contributed by atoms with E-state index in [-0.39, 0.29) is 5.78 Å². The molecule has 1 aromatic heterocycles. The van der Waals surface area contributed by atoms with Crippen molar-refractivity contribution < 1.29 is 9.21 Å². The van der Waals surface area contributed by atoms with Gasteiger partial charge < -0.3 is 4.42 Å². The first kappa shape index (κ1) is 13.3.